The molecule has 3 heteroatoms. The van der Waals surface area contributed by atoms with Gasteiger partial charge in [-0.3, -0.25) is 4.79 Å². The molecule has 1 saturated heterocycles. The highest BCUT2D eigenvalue weighted by Gasteiger charge is 2.38. The van der Waals surface area contributed by atoms with Crippen molar-refractivity contribution in [3.8, 4) is 12.3 Å². The zero-order chi connectivity index (χ0) is 11.1. The fraction of sp³-hybridized carbons (Fsp3) is 0.750. The minimum absolute atomic E-state index is 0.120. The Balaban J connectivity index is 2.62. The van der Waals surface area contributed by atoms with Crippen molar-refractivity contribution in [3.05, 3.63) is 0 Å². The summed E-state index contributed by atoms with van der Waals surface area (Å²) in [6, 6.07) is 0. The summed E-state index contributed by atoms with van der Waals surface area (Å²) in [7, 11) is 0. The predicted molar refractivity (Wildman–Crippen MR) is 61.3 cm³/mol. The monoisotopic (exact) mass is 208 g/mol. The summed E-state index contributed by atoms with van der Waals surface area (Å²) in [6.07, 6.45) is 9.17. The first-order chi connectivity index (χ1) is 7.25. The maximum Gasteiger partial charge on any atom is 0.228 e. The number of amides is 1. The molecule has 0 saturated carbocycles. The first kappa shape index (κ1) is 12.1. The molecule has 1 aliphatic rings. The molecule has 0 aromatic rings. The molecule has 1 rings (SSSR count). The lowest BCUT2D eigenvalue weighted by molar-refractivity contribution is -0.132. The molecule has 0 aromatic carbocycles. The Morgan fingerprint density at radius 2 is 2.47 bits per heavy atom. The second-order valence-electron chi connectivity index (χ2n) is 4.20. The van der Waals surface area contributed by atoms with Crippen LogP contribution in [0.15, 0.2) is 0 Å². The molecular weight excluding hydrogens is 188 g/mol. The summed E-state index contributed by atoms with van der Waals surface area (Å²) in [5.74, 6) is 2.56. The van der Waals surface area contributed by atoms with Gasteiger partial charge in [0.2, 0.25) is 5.91 Å². The number of hydrogen-bond acceptors (Lipinski definition) is 2. The van der Waals surface area contributed by atoms with E-state index in [0.717, 1.165) is 38.8 Å². The zero-order valence-electron chi connectivity index (χ0n) is 9.44. The van der Waals surface area contributed by atoms with Crippen LogP contribution in [-0.2, 0) is 4.79 Å². The summed E-state index contributed by atoms with van der Waals surface area (Å²) in [5, 5.41) is 6.12. The first-order valence-electron chi connectivity index (χ1n) is 5.67. The molecule has 2 N–H and O–H groups in total. The van der Waals surface area contributed by atoms with Crippen molar-refractivity contribution in [1.82, 2.24) is 10.6 Å². The van der Waals surface area contributed by atoms with E-state index >= 15 is 0 Å². The molecule has 0 aromatic heterocycles. The Labute approximate surface area is 92.0 Å². The van der Waals surface area contributed by atoms with Crippen molar-refractivity contribution in [1.29, 1.82) is 0 Å². The lowest BCUT2D eigenvalue weighted by atomic mass is 9.76. The van der Waals surface area contributed by atoms with Crippen LogP contribution in [0.5, 0.6) is 0 Å². The topological polar surface area (TPSA) is 41.1 Å². The second kappa shape index (κ2) is 5.77. The molecular formula is C12H20N2O. The van der Waals surface area contributed by atoms with Gasteiger partial charge in [-0.25, -0.2) is 0 Å². The summed E-state index contributed by atoms with van der Waals surface area (Å²) < 4.78 is 0. The van der Waals surface area contributed by atoms with Gasteiger partial charge in [-0.15, -0.1) is 6.42 Å². The van der Waals surface area contributed by atoms with E-state index in [1.807, 2.05) is 0 Å². The summed E-state index contributed by atoms with van der Waals surface area (Å²) in [4.78, 5) is 12.0. The van der Waals surface area contributed by atoms with Gasteiger partial charge >= 0.3 is 0 Å². The average Bonchev–Trinajstić information content (AvgIpc) is 2.27. The van der Waals surface area contributed by atoms with Crippen LogP contribution in [0.2, 0.25) is 0 Å². The lowest BCUT2D eigenvalue weighted by Crippen LogP contribution is -2.50. The van der Waals surface area contributed by atoms with E-state index < -0.39 is 0 Å². The van der Waals surface area contributed by atoms with Crippen LogP contribution >= 0.6 is 0 Å². The van der Waals surface area contributed by atoms with Gasteiger partial charge in [0.1, 0.15) is 0 Å². The minimum Gasteiger partial charge on any atom is -0.345 e. The fourth-order valence-electron chi connectivity index (χ4n) is 2.29. The molecule has 15 heavy (non-hydrogen) atoms. The van der Waals surface area contributed by atoms with Crippen molar-refractivity contribution in [2.45, 2.75) is 32.6 Å². The van der Waals surface area contributed by atoms with Crippen molar-refractivity contribution in [2.24, 2.45) is 5.41 Å². The number of terminal acetylenes is 1. The molecule has 1 fully saturated rings. The smallest absolute Gasteiger partial charge is 0.228 e. The van der Waals surface area contributed by atoms with Crippen LogP contribution in [0, 0.1) is 17.8 Å². The third-order valence-electron chi connectivity index (χ3n) is 3.03. The van der Waals surface area contributed by atoms with Gasteiger partial charge in [-0.05, 0) is 25.8 Å². The summed E-state index contributed by atoms with van der Waals surface area (Å²) in [6.45, 7) is 4.26. The van der Waals surface area contributed by atoms with Gasteiger partial charge in [0.05, 0.1) is 12.0 Å². The number of nitrogens with one attached hydrogen (secondary N) is 2. The van der Waals surface area contributed by atoms with Crippen molar-refractivity contribution < 1.29 is 4.79 Å². The van der Waals surface area contributed by atoms with Crippen LogP contribution in [-0.4, -0.2) is 25.5 Å². The number of carbonyl (C=O) groups is 1. The van der Waals surface area contributed by atoms with Gasteiger partial charge in [0, 0.05) is 6.54 Å². The first-order valence-corrected chi connectivity index (χ1v) is 5.67. The summed E-state index contributed by atoms with van der Waals surface area (Å²) in [5.41, 5.74) is -0.218. The molecule has 1 atom stereocenters. The number of piperidine rings is 1. The van der Waals surface area contributed by atoms with E-state index in [1.54, 1.807) is 0 Å². The second-order valence-corrected chi connectivity index (χ2v) is 4.20. The number of hydrogen-bond donors (Lipinski definition) is 2. The predicted octanol–water partition coefficient (Wildman–Crippen LogP) is 0.906. The number of carbonyl (C=O) groups excluding carboxylic acids is 1. The van der Waals surface area contributed by atoms with Crippen molar-refractivity contribution >= 4 is 5.91 Å². The third-order valence-corrected chi connectivity index (χ3v) is 3.03. The minimum atomic E-state index is -0.218. The Morgan fingerprint density at radius 1 is 1.67 bits per heavy atom. The highest BCUT2D eigenvalue weighted by Crippen LogP contribution is 2.31. The van der Waals surface area contributed by atoms with Crippen LogP contribution < -0.4 is 10.6 Å². The molecule has 0 bridgehead atoms. The quantitative estimate of drug-likeness (QED) is 0.674. The Bertz CT molecular complexity index is 243. The fourth-order valence-corrected chi connectivity index (χ4v) is 2.29. The molecule has 0 aliphatic carbocycles. The highest BCUT2D eigenvalue weighted by molar-refractivity contribution is 5.83. The molecule has 1 heterocycles. The lowest BCUT2D eigenvalue weighted by Gasteiger charge is -2.36. The zero-order valence-corrected chi connectivity index (χ0v) is 9.44. The molecule has 84 valence electrons. The maximum absolute atomic E-state index is 12.0. The van der Waals surface area contributed by atoms with E-state index in [4.69, 9.17) is 6.42 Å². The molecule has 0 radical (unpaired) electrons. The van der Waals surface area contributed by atoms with E-state index in [1.165, 1.54) is 0 Å². The molecule has 1 aliphatic heterocycles. The molecule has 1 unspecified atom stereocenters. The highest BCUT2D eigenvalue weighted by atomic mass is 16.2. The van der Waals surface area contributed by atoms with Crippen molar-refractivity contribution in [2.75, 3.05) is 19.6 Å². The maximum atomic E-state index is 12.0. The van der Waals surface area contributed by atoms with Crippen LogP contribution in [0.3, 0.4) is 0 Å². The molecule has 0 spiro atoms. The Morgan fingerprint density at radius 3 is 3.00 bits per heavy atom. The Kier molecular flexibility index (Phi) is 4.64. The van der Waals surface area contributed by atoms with Crippen molar-refractivity contribution in [3.63, 3.8) is 0 Å². The largest absolute Gasteiger partial charge is 0.345 e. The summed E-state index contributed by atoms with van der Waals surface area (Å²) >= 11 is 0. The molecule has 1 amide bonds. The van der Waals surface area contributed by atoms with Gasteiger partial charge in [-0.2, -0.15) is 0 Å². The SMILES string of the molecule is C#CCNC(=O)C1(CCC)CCCNC1. The Hall–Kier alpha value is -1.01. The standard InChI is InChI=1S/C12H20N2O/c1-3-6-12(7-5-9-13-10-12)11(15)14-8-4-2/h2,13H,3,5-10H2,1H3,(H,14,15). The average molecular weight is 208 g/mol. The van der Waals surface area contributed by atoms with Gasteiger partial charge < -0.3 is 10.6 Å². The van der Waals surface area contributed by atoms with Crippen LogP contribution in [0.25, 0.3) is 0 Å². The number of rotatable bonds is 4. The molecule has 3 nitrogen and oxygen atoms in total. The normalized spacial score (nSPS) is 25.6. The third kappa shape index (κ3) is 2.97. The van der Waals surface area contributed by atoms with Gasteiger partial charge in [0.15, 0.2) is 0 Å². The van der Waals surface area contributed by atoms with E-state index in [2.05, 4.69) is 23.5 Å². The van der Waals surface area contributed by atoms with E-state index in [-0.39, 0.29) is 11.3 Å². The van der Waals surface area contributed by atoms with E-state index in [0.29, 0.717) is 6.54 Å². The van der Waals surface area contributed by atoms with Crippen LogP contribution in [0.4, 0.5) is 0 Å². The van der Waals surface area contributed by atoms with E-state index in [9.17, 15) is 4.79 Å². The van der Waals surface area contributed by atoms with Gasteiger partial charge in [-0.1, -0.05) is 19.3 Å². The van der Waals surface area contributed by atoms with Gasteiger partial charge in [0.25, 0.3) is 0 Å². The van der Waals surface area contributed by atoms with Crippen LogP contribution in [0.1, 0.15) is 32.6 Å².